The molecule has 3 aromatic rings. The van der Waals surface area contributed by atoms with Gasteiger partial charge in [0.05, 0.1) is 28.2 Å². The number of hydrogen-bond donors (Lipinski definition) is 0. The summed E-state index contributed by atoms with van der Waals surface area (Å²) >= 11 is 2.50. The normalized spacial score (nSPS) is 10.8. The first-order chi connectivity index (χ1) is 12.6. The highest BCUT2D eigenvalue weighted by molar-refractivity contribution is 8.14. The molecular formula is C19H19N3O2S2. The molecule has 3 rings (SSSR count). The van der Waals surface area contributed by atoms with E-state index in [2.05, 4.69) is 29.0 Å². The molecule has 0 aliphatic carbocycles. The molecule has 0 bridgehead atoms. The van der Waals surface area contributed by atoms with Crippen molar-refractivity contribution in [1.29, 1.82) is 0 Å². The molecule has 0 fully saturated rings. The Labute approximate surface area is 160 Å². The van der Waals surface area contributed by atoms with E-state index < -0.39 is 0 Å². The average Bonchev–Trinajstić information content (AvgIpc) is 3.07. The molecule has 0 saturated heterocycles. The summed E-state index contributed by atoms with van der Waals surface area (Å²) in [7, 11) is 0. The maximum absolute atomic E-state index is 12.7. The third-order valence-electron chi connectivity index (χ3n) is 3.83. The summed E-state index contributed by atoms with van der Waals surface area (Å²) < 4.78 is 1.05. The molecule has 0 aliphatic rings. The molecule has 0 saturated carbocycles. The van der Waals surface area contributed by atoms with Crippen LogP contribution in [-0.2, 0) is 22.6 Å². The van der Waals surface area contributed by atoms with Crippen molar-refractivity contribution < 1.29 is 9.59 Å². The van der Waals surface area contributed by atoms with Crippen LogP contribution in [0.25, 0.3) is 10.2 Å². The minimum absolute atomic E-state index is 0.0759. The van der Waals surface area contributed by atoms with Crippen LogP contribution in [0.5, 0.6) is 0 Å². The number of carbonyl (C=O) groups is 2. The lowest BCUT2D eigenvalue weighted by Crippen LogP contribution is -2.32. The molecule has 0 unspecified atom stereocenters. The quantitative estimate of drug-likeness (QED) is 0.640. The number of aryl methyl sites for hydroxylation is 1. The van der Waals surface area contributed by atoms with Gasteiger partial charge in [0.1, 0.15) is 0 Å². The van der Waals surface area contributed by atoms with E-state index in [1.54, 1.807) is 11.1 Å². The number of aromatic nitrogens is 2. The van der Waals surface area contributed by atoms with Crippen molar-refractivity contribution in [1.82, 2.24) is 9.97 Å². The number of thiazole rings is 1. The van der Waals surface area contributed by atoms with Crippen LogP contribution in [0, 0.1) is 0 Å². The Morgan fingerprint density at radius 1 is 1.23 bits per heavy atom. The molecule has 0 spiro atoms. The van der Waals surface area contributed by atoms with Crippen LogP contribution in [0.3, 0.4) is 0 Å². The first-order valence-corrected chi connectivity index (χ1v) is 10.1. The van der Waals surface area contributed by atoms with E-state index in [0.717, 1.165) is 34.1 Å². The smallest absolute Gasteiger partial charge is 0.239 e. The molecule has 5 nitrogen and oxygen atoms in total. The number of fused-ring (bicyclic) bond motifs is 1. The van der Waals surface area contributed by atoms with Crippen LogP contribution in [0.4, 0.5) is 5.13 Å². The third kappa shape index (κ3) is 4.47. The van der Waals surface area contributed by atoms with Crippen LogP contribution < -0.4 is 4.90 Å². The summed E-state index contributed by atoms with van der Waals surface area (Å²) in [6.07, 6.45) is 2.66. The SMILES string of the molecule is CCc1ccc2nc(N(Cc3ccccn3)C(=O)CSC(C)=O)sc2c1. The van der Waals surface area contributed by atoms with E-state index in [4.69, 9.17) is 0 Å². The van der Waals surface area contributed by atoms with E-state index in [0.29, 0.717) is 11.7 Å². The number of rotatable bonds is 6. The average molecular weight is 386 g/mol. The molecule has 2 heterocycles. The number of amides is 1. The molecule has 0 aliphatic heterocycles. The summed E-state index contributed by atoms with van der Waals surface area (Å²) in [4.78, 5) is 34.6. The standard InChI is InChI=1S/C19H19N3O2S2/c1-3-14-7-8-16-17(10-14)26-19(21-16)22(18(24)12-25-13(2)23)11-15-6-4-5-9-20-15/h4-10H,3,11-12H2,1-2H3. The van der Waals surface area contributed by atoms with Crippen molar-refractivity contribution in [2.45, 2.75) is 26.8 Å². The fraction of sp³-hybridized carbons (Fsp3) is 0.263. The molecule has 1 aromatic carbocycles. The monoisotopic (exact) mass is 385 g/mol. The minimum Gasteiger partial charge on any atom is -0.288 e. The molecule has 0 radical (unpaired) electrons. The summed E-state index contributed by atoms with van der Waals surface area (Å²) in [6.45, 7) is 3.91. The number of benzene rings is 1. The van der Waals surface area contributed by atoms with Gasteiger partial charge in [0.25, 0.3) is 0 Å². The second kappa shape index (κ2) is 8.42. The van der Waals surface area contributed by atoms with Crippen LogP contribution >= 0.6 is 23.1 Å². The highest BCUT2D eigenvalue weighted by Crippen LogP contribution is 2.31. The lowest BCUT2D eigenvalue weighted by molar-refractivity contribution is -0.116. The Balaban J connectivity index is 1.93. The zero-order valence-corrected chi connectivity index (χ0v) is 16.3. The number of thioether (sulfide) groups is 1. The van der Waals surface area contributed by atoms with Gasteiger partial charge in [0.15, 0.2) is 10.2 Å². The molecule has 7 heteroatoms. The van der Waals surface area contributed by atoms with Crippen LogP contribution in [0.1, 0.15) is 25.1 Å². The number of hydrogen-bond acceptors (Lipinski definition) is 6. The Morgan fingerprint density at radius 3 is 2.77 bits per heavy atom. The van der Waals surface area contributed by atoms with E-state index in [1.807, 2.05) is 24.3 Å². The highest BCUT2D eigenvalue weighted by atomic mass is 32.2. The molecule has 134 valence electrons. The highest BCUT2D eigenvalue weighted by Gasteiger charge is 2.21. The number of pyridine rings is 1. The molecule has 0 atom stereocenters. The summed E-state index contributed by atoms with van der Waals surface area (Å²) in [5.74, 6) is -0.0520. The fourth-order valence-corrected chi connectivity index (χ4v) is 3.98. The maximum atomic E-state index is 12.7. The third-order valence-corrected chi connectivity index (χ3v) is 5.67. The zero-order chi connectivity index (χ0) is 18.5. The Hall–Kier alpha value is -2.25. The van der Waals surface area contributed by atoms with E-state index in [9.17, 15) is 9.59 Å². The first kappa shape index (κ1) is 18.5. The Bertz CT molecular complexity index is 925. The first-order valence-electron chi connectivity index (χ1n) is 8.30. The second-order valence-electron chi connectivity index (χ2n) is 5.73. The van der Waals surface area contributed by atoms with Gasteiger partial charge in [-0.15, -0.1) is 0 Å². The van der Waals surface area contributed by atoms with Gasteiger partial charge >= 0.3 is 0 Å². The maximum Gasteiger partial charge on any atom is 0.239 e. The van der Waals surface area contributed by atoms with Gasteiger partial charge in [-0.3, -0.25) is 19.5 Å². The largest absolute Gasteiger partial charge is 0.288 e. The number of anilines is 1. The van der Waals surface area contributed by atoms with Crippen molar-refractivity contribution in [3.8, 4) is 0 Å². The number of nitrogens with zero attached hydrogens (tertiary/aromatic N) is 3. The molecule has 26 heavy (non-hydrogen) atoms. The van der Waals surface area contributed by atoms with Gasteiger partial charge in [-0.2, -0.15) is 0 Å². The van der Waals surface area contributed by atoms with Gasteiger partial charge in [0, 0.05) is 13.1 Å². The fourth-order valence-electron chi connectivity index (χ4n) is 2.45. The van der Waals surface area contributed by atoms with Crippen molar-refractivity contribution >= 4 is 49.5 Å². The summed E-state index contributed by atoms with van der Waals surface area (Å²) in [5.41, 5.74) is 2.89. The van der Waals surface area contributed by atoms with Gasteiger partial charge in [0.2, 0.25) is 5.91 Å². The summed E-state index contributed by atoms with van der Waals surface area (Å²) in [6, 6.07) is 11.8. The predicted octanol–water partition coefficient (Wildman–Crippen LogP) is 4.07. The predicted molar refractivity (Wildman–Crippen MR) is 108 cm³/mol. The lowest BCUT2D eigenvalue weighted by atomic mass is 10.2. The molecule has 0 N–H and O–H groups in total. The van der Waals surface area contributed by atoms with Gasteiger partial charge in [-0.25, -0.2) is 4.98 Å². The number of carbonyl (C=O) groups excluding carboxylic acids is 2. The topological polar surface area (TPSA) is 63.2 Å². The van der Waals surface area contributed by atoms with Gasteiger partial charge in [-0.05, 0) is 36.2 Å². The minimum atomic E-state index is -0.148. The summed E-state index contributed by atoms with van der Waals surface area (Å²) in [5, 5.41) is 0.557. The lowest BCUT2D eigenvalue weighted by Gasteiger charge is -2.19. The van der Waals surface area contributed by atoms with Crippen molar-refractivity contribution in [3.63, 3.8) is 0 Å². The molecular weight excluding hydrogens is 366 g/mol. The molecule has 2 aromatic heterocycles. The van der Waals surface area contributed by atoms with Crippen LogP contribution in [0.15, 0.2) is 42.6 Å². The van der Waals surface area contributed by atoms with E-state index in [1.165, 1.54) is 23.8 Å². The van der Waals surface area contributed by atoms with Crippen molar-refractivity contribution in [2.75, 3.05) is 10.7 Å². The van der Waals surface area contributed by atoms with Crippen molar-refractivity contribution in [3.05, 3.63) is 53.9 Å². The molecule has 1 amide bonds. The van der Waals surface area contributed by atoms with Crippen LogP contribution in [0.2, 0.25) is 0 Å². The van der Waals surface area contributed by atoms with Crippen LogP contribution in [-0.4, -0.2) is 26.7 Å². The Morgan fingerprint density at radius 2 is 2.08 bits per heavy atom. The zero-order valence-electron chi connectivity index (χ0n) is 14.6. The van der Waals surface area contributed by atoms with Crippen molar-refractivity contribution in [2.24, 2.45) is 0 Å². The Kier molecular flexibility index (Phi) is 6.00. The van der Waals surface area contributed by atoms with Gasteiger partial charge in [-0.1, -0.05) is 42.2 Å². The van der Waals surface area contributed by atoms with Gasteiger partial charge < -0.3 is 0 Å². The van der Waals surface area contributed by atoms with E-state index >= 15 is 0 Å². The van der Waals surface area contributed by atoms with E-state index in [-0.39, 0.29) is 16.8 Å². The second-order valence-corrected chi connectivity index (χ2v) is 7.89.